The summed E-state index contributed by atoms with van der Waals surface area (Å²) in [6.07, 6.45) is 0. The number of thiocyanates is 2. The first-order chi connectivity index (χ1) is 21.9. The first-order valence-corrected chi connectivity index (χ1v) is 16.2. The van der Waals surface area contributed by atoms with Gasteiger partial charge in [-0.2, -0.15) is 10.5 Å². The number of nitrogens with zero attached hydrogens (tertiary/aromatic N) is 5. The second kappa shape index (κ2) is 11.4. The molecule has 7 heteroatoms. The fourth-order valence-corrected chi connectivity index (χ4v) is 7.28. The molecule has 0 saturated carbocycles. The number of fused-ring (bicyclic) bond motifs is 6. The zero-order chi connectivity index (χ0) is 31.2. The molecule has 7 aromatic rings. The molecule has 1 aliphatic rings. The monoisotopic (exact) mass is 617 g/mol. The Morgan fingerprint density at radius 2 is 1.09 bits per heavy atom. The Hall–Kier alpha value is -5.08. The van der Waals surface area contributed by atoms with E-state index in [0.717, 1.165) is 51.4 Å². The minimum Gasteiger partial charge on any atom is -0.309 e. The predicted octanol–water partition coefficient (Wildman–Crippen LogP) is 10.4. The van der Waals surface area contributed by atoms with E-state index in [1.54, 1.807) is 0 Å². The van der Waals surface area contributed by atoms with Crippen molar-refractivity contribution in [2.24, 2.45) is 0 Å². The largest absolute Gasteiger partial charge is 0.309 e. The second-order valence-electron chi connectivity index (χ2n) is 11.2. The molecule has 0 saturated heterocycles. The fourth-order valence-electron chi connectivity index (χ4n) is 6.32. The molecule has 0 spiro atoms. The number of hydrogen-bond donors (Lipinski definition) is 0. The van der Waals surface area contributed by atoms with Crippen molar-refractivity contribution in [3.63, 3.8) is 0 Å². The topological polar surface area (TPSA) is 78.3 Å². The van der Waals surface area contributed by atoms with Gasteiger partial charge in [-0.15, -0.1) is 0 Å². The number of nitriles is 2. The van der Waals surface area contributed by atoms with Gasteiger partial charge in [0.05, 0.1) is 22.4 Å². The molecule has 0 fully saturated rings. The van der Waals surface area contributed by atoms with Gasteiger partial charge in [-0.1, -0.05) is 72.8 Å². The number of aromatic nitrogens is 3. The molecule has 0 atom stereocenters. The van der Waals surface area contributed by atoms with Crippen molar-refractivity contribution < 1.29 is 0 Å². The van der Waals surface area contributed by atoms with Gasteiger partial charge in [-0.25, -0.2) is 9.97 Å². The summed E-state index contributed by atoms with van der Waals surface area (Å²) in [6, 6.07) is 32.2. The Morgan fingerprint density at radius 1 is 0.556 bits per heavy atom. The number of para-hydroxylation sites is 2. The lowest BCUT2D eigenvalue weighted by Gasteiger charge is -2.13. The quantitative estimate of drug-likeness (QED) is 0.145. The highest BCUT2D eigenvalue weighted by Crippen LogP contribution is 2.47. The van der Waals surface area contributed by atoms with Crippen LogP contribution in [0.3, 0.4) is 0 Å². The van der Waals surface area contributed by atoms with Crippen LogP contribution in [0.2, 0.25) is 0 Å². The number of rotatable bonds is 3. The highest BCUT2D eigenvalue weighted by atomic mass is 32.2. The van der Waals surface area contributed by atoms with E-state index in [2.05, 4.69) is 121 Å². The molecule has 2 heterocycles. The Bertz CT molecular complexity index is 2310. The van der Waals surface area contributed by atoms with Crippen molar-refractivity contribution in [1.82, 2.24) is 14.5 Å². The molecule has 0 amide bonds. The third-order valence-electron chi connectivity index (χ3n) is 8.52. The Morgan fingerprint density at radius 3 is 1.69 bits per heavy atom. The average molecular weight is 618 g/mol. The van der Waals surface area contributed by atoms with Crippen LogP contribution in [0, 0.1) is 49.0 Å². The van der Waals surface area contributed by atoms with Gasteiger partial charge < -0.3 is 4.57 Å². The number of aryl methyl sites for hydroxylation is 4. The van der Waals surface area contributed by atoms with Crippen molar-refractivity contribution in [1.29, 1.82) is 10.5 Å². The lowest BCUT2D eigenvalue weighted by Crippen LogP contribution is -1.98. The maximum absolute atomic E-state index is 8.98. The van der Waals surface area contributed by atoms with Crippen LogP contribution in [0.15, 0.2) is 101 Å². The normalized spacial score (nSPS) is 11.2. The predicted molar refractivity (Wildman–Crippen MR) is 187 cm³/mol. The van der Waals surface area contributed by atoms with E-state index < -0.39 is 0 Å². The number of benzene rings is 5. The summed E-state index contributed by atoms with van der Waals surface area (Å²) in [7, 11) is 0. The maximum atomic E-state index is 8.98. The molecule has 5 nitrogen and oxygen atoms in total. The van der Waals surface area contributed by atoms with Gasteiger partial charge >= 0.3 is 0 Å². The van der Waals surface area contributed by atoms with Gasteiger partial charge in [-0.3, -0.25) is 0 Å². The van der Waals surface area contributed by atoms with Crippen LogP contribution in [0.25, 0.3) is 60.8 Å². The Balaban J connectivity index is 0.000000145. The summed E-state index contributed by atoms with van der Waals surface area (Å²) in [5, 5.41) is 27.9. The minimum atomic E-state index is 0.485. The van der Waals surface area contributed by atoms with E-state index in [1.807, 2.05) is 22.9 Å². The molecule has 5 aromatic carbocycles. The van der Waals surface area contributed by atoms with E-state index in [-0.39, 0.29) is 0 Å². The zero-order valence-corrected chi connectivity index (χ0v) is 26.8. The first kappa shape index (κ1) is 28.7. The SMILES string of the molecule is Cc1cc(C)c(-n2c3ccccc3c3ccccc32)cc1C.Cc1ccc2c3c(cccc13)-c1nc(SC#N)c(SC#N)nc1-2. The van der Waals surface area contributed by atoms with Crippen molar-refractivity contribution in [2.45, 2.75) is 37.7 Å². The highest BCUT2D eigenvalue weighted by Gasteiger charge is 2.27. The van der Waals surface area contributed by atoms with E-state index in [0.29, 0.717) is 10.1 Å². The lowest BCUT2D eigenvalue weighted by molar-refractivity contribution is 0.943. The molecule has 1 aliphatic carbocycles. The van der Waals surface area contributed by atoms with Gasteiger partial charge in [-0.05, 0) is 73.5 Å². The minimum absolute atomic E-state index is 0.485. The molecule has 0 bridgehead atoms. The maximum Gasteiger partial charge on any atom is 0.145 e. The van der Waals surface area contributed by atoms with Gasteiger partial charge in [0.15, 0.2) is 0 Å². The molecular formula is C38H27N5S2. The van der Waals surface area contributed by atoms with Gasteiger partial charge in [0.1, 0.15) is 20.9 Å². The molecule has 0 N–H and O–H groups in total. The molecule has 2 aromatic heterocycles. The fraction of sp³-hybridized carbons (Fsp3) is 0.105. The van der Waals surface area contributed by atoms with E-state index >= 15 is 0 Å². The third-order valence-corrected chi connectivity index (χ3v) is 9.79. The molecule has 45 heavy (non-hydrogen) atoms. The van der Waals surface area contributed by atoms with Crippen LogP contribution in [-0.4, -0.2) is 14.5 Å². The van der Waals surface area contributed by atoms with Crippen molar-refractivity contribution in [3.8, 4) is 39.0 Å². The Labute approximate surface area is 270 Å². The van der Waals surface area contributed by atoms with Crippen molar-refractivity contribution in [3.05, 3.63) is 113 Å². The summed E-state index contributed by atoms with van der Waals surface area (Å²) in [4.78, 5) is 9.27. The van der Waals surface area contributed by atoms with Crippen LogP contribution in [0.4, 0.5) is 0 Å². The molecule has 216 valence electrons. The zero-order valence-electron chi connectivity index (χ0n) is 25.2. The smallest absolute Gasteiger partial charge is 0.145 e. The number of hydrogen-bond acceptors (Lipinski definition) is 6. The highest BCUT2D eigenvalue weighted by molar-refractivity contribution is 8.06. The van der Waals surface area contributed by atoms with E-state index in [9.17, 15) is 0 Å². The van der Waals surface area contributed by atoms with Crippen LogP contribution in [0.5, 0.6) is 0 Å². The van der Waals surface area contributed by atoms with Crippen LogP contribution in [0.1, 0.15) is 22.3 Å². The Kier molecular flexibility index (Phi) is 7.30. The number of thioether (sulfide) groups is 2. The summed E-state index contributed by atoms with van der Waals surface area (Å²) >= 11 is 1.88. The standard InChI is InChI=1S/C21H19N.C17H8N4S2/c1-14-12-16(3)21(13-15(14)2)22-19-10-6-4-8-17(19)18-9-5-7-11-20(18)22;1-9-5-6-12-13-10(9)3-2-4-11(13)14-15(12)21-17(23-8-19)16(20-14)22-7-18/h4-13H,1-3H3;2-6H,1H3. The van der Waals surface area contributed by atoms with Crippen LogP contribution < -0.4 is 0 Å². The molecule has 0 radical (unpaired) electrons. The first-order valence-electron chi connectivity index (χ1n) is 14.5. The summed E-state index contributed by atoms with van der Waals surface area (Å²) in [6.45, 7) is 8.65. The molecule has 8 rings (SSSR count). The molecular weight excluding hydrogens is 591 g/mol. The van der Waals surface area contributed by atoms with Gasteiger partial charge in [0.2, 0.25) is 0 Å². The van der Waals surface area contributed by atoms with Crippen LogP contribution in [-0.2, 0) is 0 Å². The lowest BCUT2D eigenvalue weighted by atomic mass is 10.0. The molecule has 0 unspecified atom stereocenters. The second-order valence-corrected chi connectivity index (χ2v) is 12.7. The third kappa shape index (κ3) is 4.73. The summed E-state index contributed by atoms with van der Waals surface area (Å²) < 4.78 is 2.40. The average Bonchev–Trinajstić information content (AvgIpc) is 3.55. The van der Waals surface area contributed by atoms with Gasteiger partial charge in [0, 0.05) is 56.5 Å². The van der Waals surface area contributed by atoms with Crippen molar-refractivity contribution in [2.75, 3.05) is 0 Å². The summed E-state index contributed by atoms with van der Waals surface area (Å²) in [5.74, 6) is 0. The summed E-state index contributed by atoms with van der Waals surface area (Å²) in [5.41, 5.74) is 12.7. The van der Waals surface area contributed by atoms with Crippen molar-refractivity contribution >= 4 is 56.1 Å². The molecule has 0 aliphatic heterocycles. The van der Waals surface area contributed by atoms with E-state index in [1.165, 1.54) is 55.1 Å². The van der Waals surface area contributed by atoms with Crippen LogP contribution >= 0.6 is 23.5 Å². The van der Waals surface area contributed by atoms with Gasteiger partial charge in [0.25, 0.3) is 0 Å². The van der Waals surface area contributed by atoms with E-state index in [4.69, 9.17) is 10.5 Å².